The van der Waals surface area contributed by atoms with Gasteiger partial charge in [0.1, 0.15) is 19.5 Å². The van der Waals surface area contributed by atoms with E-state index >= 15 is 0 Å². The van der Waals surface area contributed by atoms with Gasteiger partial charge in [0.2, 0.25) is 0 Å². The number of benzene rings is 1. The number of ketones is 1. The third kappa shape index (κ3) is 2.54. The topological polar surface area (TPSA) is 61.3 Å². The number of hydrogen-bond acceptors (Lipinski definition) is 5. The Kier molecular flexibility index (Phi) is 3.10. The summed E-state index contributed by atoms with van der Waals surface area (Å²) < 4.78 is 10.9. The fraction of sp³-hybridized carbons (Fsp3) is 0.214. The van der Waals surface area contributed by atoms with Crippen molar-refractivity contribution in [2.45, 2.75) is 6.42 Å². The van der Waals surface area contributed by atoms with Crippen molar-refractivity contribution >= 4 is 5.78 Å². The van der Waals surface area contributed by atoms with E-state index in [1.807, 2.05) is 0 Å². The first-order valence-electron chi connectivity index (χ1n) is 6.01. The van der Waals surface area contributed by atoms with Crippen molar-refractivity contribution in [2.75, 3.05) is 13.2 Å². The van der Waals surface area contributed by atoms with Crippen LogP contribution in [-0.2, 0) is 6.42 Å². The van der Waals surface area contributed by atoms with E-state index in [0.717, 1.165) is 0 Å². The molecule has 0 saturated heterocycles. The van der Waals surface area contributed by atoms with Crippen LogP contribution in [-0.4, -0.2) is 29.0 Å². The standard InChI is InChI=1S/C14H12N2O3/c17-12(8-11-3-4-15-9-16-11)10-1-2-13-14(7-10)19-6-5-18-13/h1-4,7,9H,5-6,8H2. The quantitative estimate of drug-likeness (QED) is 0.782. The molecule has 19 heavy (non-hydrogen) atoms. The predicted octanol–water partition coefficient (Wildman–Crippen LogP) is 1.67. The van der Waals surface area contributed by atoms with Gasteiger partial charge in [0.05, 0.1) is 12.1 Å². The largest absolute Gasteiger partial charge is 0.486 e. The first-order chi connectivity index (χ1) is 9.33. The molecule has 0 unspecified atom stereocenters. The fourth-order valence-corrected chi connectivity index (χ4v) is 1.91. The van der Waals surface area contributed by atoms with Crippen LogP contribution >= 0.6 is 0 Å². The van der Waals surface area contributed by atoms with Gasteiger partial charge < -0.3 is 9.47 Å². The fourth-order valence-electron chi connectivity index (χ4n) is 1.91. The van der Waals surface area contributed by atoms with Crippen LogP contribution in [0.5, 0.6) is 11.5 Å². The molecule has 1 aromatic carbocycles. The monoisotopic (exact) mass is 256 g/mol. The molecule has 0 atom stereocenters. The van der Waals surface area contributed by atoms with Gasteiger partial charge in [-0.25, -0.2) is 9.97 Å². The van der Waals surface area contributed by atoms with E-state index in [1.54, 1.807) is 30.5 Å². The van der Waals surface area contributed by atoms with E-state index in [1.165, 1.54) is 6.33 Å². The highest BCUT2D eigenvalue weighted by Gasteiger charge is 2.15. The number of rotatable bonds is 3. The third-order valence-electron chi connectivity index (χ3n) is 2.85. The van der Waals surface area contributed by atoms with Crippen LogP contribution in [0.4, 0.5) is 0 Å². The minimum atomic E-state index is -0.00401. The van der Waals surface area contributed by atoms with E-state index in [0.29, 0.717) is 36.0 Å². The number of ether oxygens (including phenoxy) is 2. The Morgan fingerprint density at radius 2 is 2.00 bits per heavy atom. The highest BCUT2D eigenvalue weighted by atomic mass is 16.6. The van der Waals surface area contributed by atoms with Crippen LogP contribution in [0.15, 0.2) is 36.8 Å². The minimum absolute atomic E-state index is 0.00401. The number of hydrogen-bond donors (Lipinski definition) is 0. The predicted molar refractivity (Wildman–Crippen MR) is 67.5 cm³/mol. The maximum Gasteiger partial charge on any atom is 0.168 e. The molecule has 0 bridgehead atoms. The zero-order valence-electron chi connectivity index (χ0n) is 10.2. The molecule has 2 heterocycles. The minimum Gasteiger partial charge on any atom is -0.486 e. The average molecular weight is 256 g/mol. The SMILES string of the molecule is O=C(Cc1ccncn1)c1ccc2c(c1)OCCO2. The Bertz CT molecular complexity index is 599. The molecule has 0 amide bonds. The molecule has 1 aromatic heterocycles. The number of carbonyl (C=O) groups is 1. The van der Waals surface area contributed by atoms with Crippen LogP contribution in [0.3, 0.4) is 0 Å². The molecular weight excluding hydrogens is 244 g/mol. The maximum absolute atomic E-state index is 12.1. The van der Waals surface area contributed by atoms with E-state index in [-0.39, 0.29) is 12.2 Å². The number of fused-ring (bicyclic) bond motifs is 1. The van der Waals surface area contributed by atoms with Crippen molar-refractivity contribution in [3.8, 4) is 11.5 Å². The Morgan fingerprint density at radius 1 is 1.16 bits per heavy atom. The zero-order chi connectivity index (χ0) is 13.1. The first kappa shape index (κ1) is 11.6. The molecule has 5 nitrogen and oxygen atoms in total. The van der Waals surface area contributed by atoms with Gasteiger partial charge in [-0.15, -0.1) is 0 Å². The molecule has 5 heteroatoms. The lowest BCUT2D eigenvalue weighted by molar-refractivity contribution is 0.0990. The van der Waals surface area contributed by atoms with Crippen LogP contribution in [0, 0.1) is 0 Å². The second kappa shape index (κ2) is 5.06. The molecule has 0 radical (unpaired) electrons. The Labute approximate surface area is 110 Å². The van der Waals surface area contributed by atoms with Gasteiger partial charge in [-0.05, 0) is 24.3 Å². The lowest BCUT2D eigenvalue weighted by Gasteiger charge is -2.18. The number of aromatic nitrogens is 2. The Hall–Kier alpha value is -2.43. The average Bonchev–Trinajstić information content (AvgIpc) is 2.48. The van der Waals surface area contributed by atoms with Crippen molar-refractivity contribution in [3.05, 3.63) is 48.0 Å². The van der Waals surface area contributed by atoms with E-state index in [2.05, 4.69) is 9.97 Å². The van der Waals surface area contributed by atoms with Gasteiger partial charge in [0, 0.05) is 11.8 Å². The molecule has 0 saturated carbocycles. The van der Waals surface area contributed by atoms with Crippen LogP contribution < -0.4 is 9.47 Å². The third-order valence-corrected chi connectivity index (χ3v) is 2.85. The summed E-state index contributed by atoms with van der Waals surface area (Å²) >= 11 is 0. The summed E-state index contributed by atoms with van der Waals surface area (Å²) in [5.74, 6) is 1.31. The highest BCUT2D eigenvalue weighted by molar-refractivity contribution is 5.97. The van der Waals surface area contributed by atoms with Crippen molar-refractivity contribution in [3.63, 3.8) is 0 Å². The summed E-state index contributed by atoms with van der Waals surface area (Å²) in [6.45, 7) is 1.05. The lowest BCUT2D eigenvalue weighted by atomic mass is 10.1. The number of Topliss-reactive ketones (excluding diaryl/α,β-unsaturated/α-hetero) is 1. The molecule has 3 rings (SSSR count). The molecule has 0 spiro atoms. The first-order valence-corrected chi connectivity index (χ1v) is 6.01. The highest BCUT2D eigenvalue weighted by Crippen LogP contribution is 2.31. The summed E-state index contributed by atoms with van der Waals surface area (Å²) in [5.41, 5.74) is 1.30. The normalized spacial score (nSPS) is 13.1. The summed E-state index contributed by atoms with van der Waals surface area (Å²) in [5, 5.41) is 0. The molecule has 0 N–H and O–H groups in total. The van der Waals surface area contributed by atoms with Gasteiger partial charge in [-0.3, -0.25) is 4.79 Å². The summed E-state index contributed by atoms with van der Waals surface area (Å²) in [6.07, 6.45) is 3.31. The smallest absolute Gasteiger partial charge is 0.168 e. The molecule has 96 valence electrons. The van der Waals surface area contributed by atoms with Crippen LogP contribution in [0.2, 0.25) is 0 Å². The summed E-state index contributed by atoms with van der Waals surface area (Å²) in [6, 6.07) is 6.96. The molecule has 1 aliphatic rings. The summed E-state index contributed by atoms with van der Waals surface area (Å²) in [4.78, 5) is 20.0. The van der Waals surface area contributed by atoms with E-state index in [9.17, 15) is 4.79 Å². The Balaban J connectivity index is 1.80. The Morgan fingerprint density at radius 3 is 2.79 bits per heavy atom. The molecular formula is C14H12N2O3. The summed E-state index contributed by atoms with van der Waals surface area (Å²) in [7, 11) is 0. The van der Waals surface area contributed by atoms with Crippen molar-refractivity contribution < 1.29 is 14.3 Å². The van der Waals surface area contributed by atoms with Crippen molar-refractivity contribution in [1.29, 1.82) is 0 Å². The van der Waals surface area contributed by atoms with Crippen LogP contribution in [0.1, 0.15) is 16.1 Å². The lowest BCUT2D eigenvalue weighted by Crippen LogP contribution is -2.16. The van der Waals surface area contributed by atoms with Gasteiger partial charge in [0.15, 0.2) is 17.3 Å². The van der Waals surface area contributed by atoms with Crippen LogP contribution in [0.25, 0.3) is 0 Å². The molecule has 0 aliphatic carbocycles. The van der Waals surface area contributed by atoms with Gasteiger partial charge in [0.25, 0.3) is 0 Å². The van der Waals surface area contributed by atoms with Gasteiger partial charge >= 0.3 is 0 Å². The van der Waals surface area contributed by atoms with Gasteiger partial charge in [-0.1, -0.05) is 0 Å². The number of carbonyl (C=O) groups excluding carboxylic acids is 1. The molecule has 1 aliphatic heterocycles. The molecule has 2 aromatic rings. The van der Waals surface area contributed by atoms with E-state index < -0.39 is 0 Å². The van der Waals surface area contributed by atoms with Gasteiger partial charge in [-0.2, -0.15) is 0 Å². The maximum atomic E-state index is 12.1. The molecule has 0 fully saturated rings. The second-order valence-corrected chi connectivity index (χ2v) is 4.16. The number of nitrogens with zero attached hydrogens (tertiary/aromatic N) is 2. The van der Waals surface area contributed by atoms with Crippen molar-refractivity contribution in [1.82, 2.24) is 9.97 Å². The van der Waals surface area contributed by atoms with Crippen molar-refractivity contribution in [2.24, 2.45) is 0 Å². The second-order valence-electron chi connectivity index (χ2n) is 4.16. The van der Waals surface area contributed by atoms with E-state index in [4.69, 9.17) is 9.47 Å². The zero-order valence-corrected chi connectivity index (χ0v) is 10.2.